The summed E-state index contributed by atoms with van der Waals surface area (Å²) in [7, 11) is -3.33. The second kappa shape index (κ2) is 4.70. The second-order valence-corrected chi connectivity index (χ2v) is 7.86. The minimum Gasteiger partial charge on any atom is -0.382 e. The number of sulfone groups is 1. The number of nitrogens with two attached hydrogens (primary N) is 1. The summed E-state index contributed by atoms with van der Waals surface area (Å²) in [6.07, 6.45) is 3.44. The maximum atomic E-state index is 11.8. The van der Waals surface area contributed by atoms with E-state index in [4.69, 9.17) is 5.73 Å². The maximum Gasteiger partial charge on any atom is 0.182 e. The molecular formula is C11H19N3O2S2. The molecule has 1 aromatic rings. The van der Waals surface area contributed by atoms with Crippen LogP contribution in [0.25, 0.3) is 0 Å². The molecule has 0 spiro atoms. The topological polar surface area (TPSA) is 76.3 Å². The van der Waals surface area contributed by atoms with Crippen molar-refractivity contribution in [1.29, 1.82) is 0 Å². The van der Waals surface area contributed by atoms with Gasteiger partial charge in [-0.2, -0.15) is 4.37 Å². The third-order valence-electron chi connectivity index (χ3n) is 3.41. The third-order valence-corrected chi connectivity index (χ3v) is 5.58. The van der Waals surface area contributed by atoms with Gasteiger partial charge in [0.2, 0.25) is 0 Å². The molecule has 0 bridgehead atoms. The minimum atomic E-state index is -3.33. The van der Waals surface area contributed by atoms with Crippen molar-refractivity contribution in [2.75, 3.05) is 23.4 Å². The Bertz CT molecular complexity index is 538. The van der Waals surface area contributed by atoms with Gasteiger partial charge in [-0.15, -0.1) is 0 Å². The monoisotopic (exact) mass is 289 g/mol. The zero-order chi connectivity index (χ0) is 13.5. The molecule has 0 aliphatic carbocycles. The Hall–Kier alpha value is -0.820. The van der Waals surface area contributed by atoms with Crippen LogP contribution in [0.2, 0.25) is 0 Å². The minimum absolute atomic E-state index is 0.128. The SMILES string of the molecule is CC1CCC(C)N(c2snc(N)c2S(C)(=O)=O)C1. The number of rotatable bonds is 2. The Balaban J connectivity index is 2.45. The summed E-state index contributed by atoms with van der Waals surface area (Å²) in [5.74, 6) is 0.694. The van der Waals surface area contributed by atoms with Gasteiger partial charge in [0.25, 0.3) is 0 Å². The molecule has 18 heavy (non-hydrogen) atoms. The molecule has 0 aromatic carbocycles. The van der Waals surface area contributed by atoms with E-state index in [2.05, 4.69) is 23.1 Å². The van der Waals surface area contributed by atoms with Gasteiger partial charge in [-0.1, -0.05) is 6.92 Å². The number of nitrogens with zero attached hydrogens (tertiary/aromatic N) is 2. The summed E-state index contributed by atoms with van der Waals surface area (Å²) >= 11 is 1.19. The Kier molecular flexibility index (Phi) is 3.55. The van der Waals surface area contributed by atoms with Crippen molar-refractivity contribution in [3.8, 4) is 0 Å². The third kappa shape index (κ3) is 2.47. The first kappa shape index (κ1) is 13.6. The van der Waals surface area contributed by atoms with E-state index in [-0.39, 0.29) is 10.7 Å². The highest BCUT2D eigenvalue weighted by atomic mass is 32.2. The lowest BCUT2D eigenvalue weighted by atomic mass is 9.95. The Labute approximate surface area is 112 Å². The van der Waals surface area contributed by atoms with Crippen molar-refractivity contribution in [3.05, 3.63) is 0 Å². The first-order chi connectivity index (χ1) is 8.30. The highest BCUT2D eigenvalue weighted by Gasteiger charge is 2.30. The van der Waals surface area contributed by atoms with Gasteiger partial charge in [-0.25, -0.2) is 8.42 Å². The molecule has 2 unspecified atom stereocenters. The molecule has 1 saturated heterocycles. The molecule has 1 aromatic heterocycles. The highest BCUT2D eigenvalue weighted by molar-refractivity contribution is 7.91. The van der Waals surface area contributed by atoms with Gasteiger partial charge in [0.15, 0.2) is 15.7 Å². The second-order valence-electron chi connectivity index (χ2n) is 5.16. The van der Waals surface area contributed by atoms with E-state index >= 15 is 0 Å². The standard InChI is InChI=1S/C11H19N3O2S2/c1-7-4-5-8(2)14(6-7)11-9(18(3,15)16)10(12)13-17-11/h7-8H,4-6H2,1-3H3,(H2,12,13). The van der Waals surface area contributed by atoms with Crippen molar-refractivity contribution in [2.45, 2.75) is 37.6 Å². The Morgan fingerprint density at radius 2 is 2.06 bits per heavy atom. The lowest BCUT2D eigenvalue weighted by Gasteiger charge is -2.37. The van der Waals surface area contributed by atoms with Crippen LogP contribution < -0.4 is 10.6 Å². The quantitative estimate of drug-likeness (QED) is 0.897. The number of nitrogen functional groups attached to an aromatic ring is 1. The molecule has 2 rings (SSSR count). The smallest absolute Gasteiger partial charge is 0.182 e. The molecular weight excluding hydrogens is 270 g/mol. The Morgan fingerprint density at radius 1 is 1.39 bits per heavy atom. The fraction of sp³-hybridized carbons (Fsp3) is 0.727. The van der Waals surface area contributed by atoms with Gasteiger partial charge in [0.1, 0.15) is 9.90 Å². The van der Waals surface area contributed by atoms with E-state index in [1.807, 2.05) is 0 Å². The van der Waals surface area contributed by atoms with Gasteiger partial charge < -0.3 is 10.6 Å². The summed E-state index contributed by atoms with van der Waals surface area (Å²) in [4.78, 5) is 2.34. The van der Waals surface area contributed by atoms with Crippen LogP contribution in [0.4, 0.5) is 10.8 Å². The summed E-state index contributed by atoms with van der Waals surface area (Å²) in [5.41, 5.74) is 5.71. The van der Waals surface area contributed by atoms with Crippen LogP contribution in [-0.2, 0) is 9.84 Å². The molecule has 0 saturated carbocycles. The fourth-order valence-corrected chi connectivity index (χ4v) is 4.69. The van der Waals surface area contributed by atoms with Gasteiger partial charge >= 0.3 is 0 Å². The molecule has 0 amide bonds. The molecule has 0 radical (unpaired) electrons. The van der Waals surface area contributed by atoms with E-state index in [9.17, 15) is 8.42 Å². The van der Waals surface area contributed by atoms with E-state index in [1.54, 1.807) is 0 Å². The van der Waals surface area contributed by atoms with Gasteiger partial charge in [0.05, 0.1) is 0 Å². The summed E-state index contributed by atoms with van der Waals surface area (Å²) in [5, 5.41) is 0.703. The average Bonchev–Trinajstić information content (AvgIpc) is 2.63. The molecule has 5 nitrogen and oxygen atoms in total. The molecule has 2 heterocycles. The van der Waals surface area contributed by atoms with Crippen LogP contribution >= 0.6 is 11.5 Å². The van der Waals surface area contributed by atoms with Crippen molar-refractivity contribution in [1.82, 2.24) is 4.37 Å². The normalized spacial score (nSPS) is 25.4. The van der Waals surface area contributed by atoms with Crippen LogP contribution in [-0.4, -0.2) is 31.6 Å². The fourth-order valence-electron chi connectivity index (χ4n) is 2.39. The van der Waals surface area contributed by atoms with Gasteiger partial charge in [-0.3, -0.25) is 0 Å². The molecule has 102 valence electrons. The molecule has 2 N–H and O–H groups in total. The first-order valence-corrected chi connectivity index (χ1v) is 8.69. The largest absolute Gasteiger partial charge is 0.382 e. The zero-order valence-corrected chi connectivity index (χ0v) is 12.5. The van der Waals surface area contributed by atoms with Crippen molar-refractivity contribution in [3.63, 3.8) is 0 Å². The first-order valence-electron chi connectivity index (χ1n) is 6.02. The average molecular weight is 289 g/mol. The van der Waals surface area contributed by atoms with Gasteiger partial charge in [-0.05, 0) is 37.2 Å². The van der Waals surface area contributed by atoms with Gasteiger partial charge in [0, 0.05) is 18.8 Å². The summed E-state index contributed by atoms with van der Waals surface area (Å²) < 4.78 is 27.7. The van der Waals surface area contributed by atoms with E-state index < -0.39 is 9.84 Å². The van der Waals surface area contributed by atoms with Crippen LogP contribution in [0.3, 0.4) is 0 Å². The zero-order valence-electron chi connectivity index (χ0n) is 10.9. The summed E-state index contributed by atoms with van der Waals surface area (Å²) in [6, 6.07) is 0.335. The number of hydrogen-bond donors (Lipinski definition) is 1. The van der Waals surface area contributed by atoms with E-state index in [0.717, 1.165) is 13.0 Å². The van der Waals surface area contributed by atoms with Crippen LogP contribution in [0.1, 0.15) is 26.7 Å². The van der Waals surface area contributed by atoms with Crippen molar-refractivity contribution in [2.24, 2.45) is 5.92 Å². The van der Waals surface area contributed by atoms with E-state index in [1.165, 1.54) is 24.2 Å². The molecule has 1 aliphatic heterocycles. The maximum absolute atomic E-state index is 11.8. The van der Waals surface area contributed by atoms with E-state index in [0.29, 0.717) is 17.0 Å². The molecule has 2 atom stereocenters. The number of anilines is 2. The molecule has 7 heteroatoms. The number of aromatic nitrogens is 1. The lowest BCUT2D eigenvalue weighted by Crippen LogP contribution is -2.41. The molecule has 1 aliphatic rings. The van der Waals surface area contributed by atoms with Crippen molar-refractivity contribution < 1.29 is 8.42 Å². The number of piperidine rings is 1. The molecule has 1 fully saturated rings. The lowest BCUT2D eigenvalue weighted by molar-refractivity contribution is 0.390. The highest BCUT2D eigenvalue weighted by Crippen LogP contribution is 2.38. The number of hydrogen-bond acceptors (Lipinski definition) is 6. The summed E-state index contributed by atoms with van der Waals surface area (Å²) in [6.45, 7) is 5.17. The van der Waals surface area contributed by atoms with Crippen molar-refractivity contribution >= 4 is 32.2 Å². The van der Waals surface area contributed by atoms with Crippen LogP contribution in [0, 0.1) is 5.92 Å². The Morgan fingerprint density at radius 3 is 2.67 bits per heavy atom. The predicted molar refractivity (Wildman–Crippen MR) is 74.8 cm³/mol. The van der Waals surface area contributed by atoms with Crippen LogP contribution in [0.5, 0.6) is 0 Å². The van der Waals surface area contributed by atoms with Crippen LogP contribution in [0.15, 0.2) is 4.90 Å². The predicted octanol–water partition coefficient (Wildman–Crippen LogP) is 1.75.